The normalized spacial score (nSPS) is 16.9. The summed E-state index contributed by atoms with van der Waals surface area (Å²) in [6, 6.07) is 16.1. The summed E-state index contributed by atoms with van der Waals surface area (Å²) in [6.45, 7) is 3.76. The lowest BCUT2D eigenvalue weighted by Crippen LogP contribution is -2.64. The number of carbonyl (C=O) groups is 2. The number of rotatable bonds is 16. The Labute approximate surface area is 327 Å². The second kappa shape index (κ2) is 18.5. The van der Waals surface area contributed by atoms with Gasteiger partial charge in [-0.25, -0.2) is 9.37 Å². The molecular formula is C40H50Cl2FN7O4. The number of ether oxygens (including phenoxy) is 2. The average molecular weight is 783 g/mol. The zero-order valence-electron chi connectivity index (χ0n) is 31.7. The first-order chi connectivity index (χ1) is 25.8. The molecule has 2 heterocycles. The van der Waals surface area contributed by atoms with E-state index in [1.807, 2.05) is 68.3 Å². The van der Waals surface area contributed by atoms with Crippen molar-refractivity contribution in [3.8, 4) is 22.8 Å². The van der Waals surface area contributed by atoms with Crippen LogP contribution < -0.4 is 20.7 Å². The van der Waals surface area contributed by atoms with Crippen LogP contribution in [0.25, 0.3) is 11.3 Å². The Hall–Kier alpha value is -4.04. The molecule has 1 saturated heterocycles. The van der Waals surface area contributed by atoms with E-state index in [1.54, 1.807) is 31.0 Å². The zero-order chi connectivity index (χ0) is 39.0. The molecule has 3 N–H and O–H groups in total. The first kappa shape index (κ1) is 41.1. The highest BCUT2D eigenvalue weighted by molar-refractivity contribution is 6.31. The van der Waals surface area contributed by atoms with Crippen LogP contribution in [-0.4, -0.2) is 96.7 Å². The molecule has 0 spiro atoms. The maximum Gasteiger partial charge on any atom is 0.247 e. The maximum absolute atomic E-state index is 15.4. The molecular weight excluding hydrogens is 732 g/mol. The molecule has 54 heavy (non-hydrogen) atoms. The predicted octanol–water partition coefficient (Wildman–Crippen LogP) is 5.82. The Balaban J connectivity index is 1.25. The summed E-state index contributed by atoms with van der Waals surface area (Å²) < 4.78 is 29.0. The van der Waals surface area contributed by atoms with Crippen molar-refractivity contribution in [2.75, 3.05) is 47.9 Å². The van der Waals surface area contributed by atoms with Gasteiger partial charge in [-0.05, 0) is 101 Å². The smallest absolute Gasteiger partial charge is 0.247 e. The van der Waals surface area contributed by atoms with Crippen LogP contribution in [0, 0.1) is 5.82 Å². The number of hydrogen-bond acceptors (Lipinski definition) is 8. The lowest BCUT2D eigenvalue weighted by molar-refractivity contribution is -0.142. The summed E-state index contributed by atoms with van der Waals surface area (Å²) in [6.07, 6.45) is 4.14. The van der Waals surface area contributed by atoms with Gasteiger partial charge in [0.15, 0.2) is 0 Å². The minimum atomic E-state index is -0.944. The number of hydrogen-bond donors (Lipinski definition) is 3. The van der Waals surface area contributed by atoms with Crippen LogP contribution in [0.15, 0.2) is 66.9 Å². The molecule has 3 atom stereocenters. The van der Waals surface area contributed by atoms with Crippen molar-refractivity contribution in [2.45, 2.75) is 56.9 Å². The summed E-state index contributed by atoms with van der Waals surface area (Å²) in [7, 11) is 9.23. The summed E-state index contributed by atoms with van der Waals surface area (Å²) in [4.78, 5) is 35.9. The van der Waals surface area contributed by atoms with Crippen molar-refractivity contribution in [3.63, 3.8) is 0 Å². The first-order valence-corrected chi connectivity index (χ1v) is 18.7. The van der Waals surface area contributed by atoms with Crippen molar-refractivity contribution in [2.24, 2.45) is 7.05 Å². The third kappa shape index (κ3) is 10.2. The summed E-state index contributed by atoms with van der Waals surface area (Å²) in [5, 5.41) is 10.2. The number of aromatic nitrogens is 2. The van der Waals surface area contributed by atoms with Gasteiger partial charge in [0.2, 0.25) is 11.8 Å². The topological polar surface area (TPSA) is 113 Å². The Bertz CT molecular complexity index is 1880. The van der Waals surface area contributed by atoms with Gasteiger partial charge >= 0.3 is 0 Å². The third-order valence-corrected chi connectivity index (χ3v) is 10.4. The molecule has 0 aliphatic carbocycles. The van der Waals surface area contributed by atoms with Gasteiger partial charge in [-0.15, -0.1) is 0 Å². The number of amides is 2. The molecule has 0 saturated carbocycles. The van der Waals surface area contributed by atoms with E-state index in [-0.39, 0.29) is 35.4 Å². The standard InChI is InChI=1S/C40H50Cl2FN7O4/c1-26(38(51)47-34(24-53-6)39(52)50(5)40(16-7-17-44-25-40)20-27-8-12-29(41)13-9-27)45-21-32-33(43)18-30(42)19-36(32)54-31-14-10-28(11-15-31)35-22-46-37(49(35)4)23-48(2)3/h8-15,18-19,22,26,34,44-45H,7,16-17,20-21,23-25H2,1-6H3,(H,47,51). The highest BCUT2D eigenvalue weighted by Crippen LogP contribution is 2.33. The van der Waals surface area contributed by atoms with E-state index < -0.39 is 29.3 Å². The van der Waals surface area contributed by atoms with E-state index >= 15 is 4.39 Å². The minimum Gasteiger partial charge on any atom is -0.457 e. The predicted molar refractivity (Wildman–Crippen MR) is 210 cm³/mol. The number of piperidine rings is 1. The number of nitrogens with one attached hydrogen (secondary N) is 3. The Morgan fingerprint density at radius 3 is 2.44 bits per heavy atom. The number of likely N-dealkylation sites (N-methyl/N-ethyl adjacent to an activating group) is 1. The molecule has 14 heteroatoms. The van der Waals surface area contributed by atoms with Crippen molar-refractivity contribution in [3.05, 3.63) is 99.7 Å². The van der Waals surface area contributed by atoms with E-state index in [0.717, 1.165) is 42.0 Å². The highest BCUT2D eigenvalue weighted by atomic mass is 35.5. The number of imidazole rings is 1. The zero-order valence-corrected chi connectivity index (χ0v) is 33.2. The molecule has 1 fully saturated rings. The first-order valence-electron chi connectivity index (χ1n) is 18.0. The lowest BCUT2D eigenvalue weighted by atomic mass is 9.82. The molecule has 0 radical (unpaired) electrons. The molecule has 3 aromatic carbocycles. The third-order valence-electron chi connectivity index (χ3n) is 9.90. The second-order valence-corrected chi connectivity index (χ2v) is 15.0. The number of methoxy groups -OCH3 is 1. The van der Waals surface area contributed by atoms with Crippen LogP contribution in [-0.2, 0) is 40.9 Å². The maximum atomic E-state index is 15.4. The number of halogens is 3. The number of carbonyl (C=O) groups excluding carboxylic acids is 2. The minimum absolute atomic E-state index is 0.0213. The second-order valence-electron chi connectivity index (χ2n) is 14.2. The summed E-state index contributed by atoms with van der Waals surface area (Å²) in [5.74, 6) is 0.340. The molecule has 3 unspecified atom stereocenters. The Morgan fingerprint density at radius 2 is 1.80 bits per heavy atom. The van der Waals surface area contributed by atoms with Crippen molar-refractivity contribution < 1.29 is 23.5 Å². The van der Waals surface area contributed by atoms with Gasteiger partial charge in [-0.3, -0.25) is 9.59 Å². The molecule has 0 bridgehead atoms. The molecule has 1 aliphatic rings. The van der Waals surface area contributed by atoms with Crippen LogP contribution in [0.1, 0.15) is 36.7 Å². The van der Waals surface area contributed by atoms with E-state index in [0.29, 0.717) is 30.3 Å². The fraction of sp³-hybridized carbons (Fsp3) is 0.425. The number of benzene rings is 3. The SMILES string of the molecule is COCC(NC(=O)C(C)NCc1c(F)cc(Cl)cc1Oc1ccc(-c2cnc(CN(C)C)n2C)cc1)C(=O)N(C)C1(Cc2ccc(Cl)cc2)CCCNC1. The fourth-order valence-electron chi connectivity index (χ4n) is 6.75. The Morgan fingerprint density at radius 1 is 1.07 bits per heavy atom. The molecule has 5 rings (SSSR count). The van der Waals surface area contributed by atoms with Crippen molar-refractivity contribution in [1.29, 1.82) is 0 Å². The van der Waals surface area contributed by atoms with Crippen LogP contribution in [0.2, 0.25) is 10.0 Å². The van der Waals surface area contributed by atoms with Gasteiger partial charge in [-0.2, -0.15) is 0 Å². The molecule has 1 aliphatic heterocycles. The van der Waals surface area contributed by atoms with E-state index in [2.05, 4.69) is 25.8 Å². The molecule has 290 valence electrons. The van der Waals surface area contributed by atoms with E-state index in [1.165, 1.54) is 19.2 Å². The molecule has 11 nitrogen and oxygen atoms in total. The largest absolute Gasteiger partial charge is 0.457 e. The summed E-state index contributed by atoms with van der Waals surface area (Å²) in [5.41, 5.74) is 2.64. The monoisotopic (exact) mass is 781 g/mol. The van der Waals surface area contributed by atoms with Gasteiger partial charge in [-0.1, -0.05) is 35.3 Å². The van der Waals surface area contributed by atoms with E-state index in [9.17, 15) is 9.59 Å². The Kier molecular flexibility index (Phi) is 14.1. The van der Waals surface area contributed by atoms with Gasteiger partial charge in [0.05, 0.1) is 36.6 Å². The van der Waals surface area contributed by atoms with Crippen LogP contribution in [0.5, 0.6) is 11.5 Å². The summed E-state index contributed by atoms with van der Waals surface area (Å²) >= 11 is 12.4. The fourth-order valence-corrected chi connectivity index (χ4v) is 7.07. The average Bonchev–Trinajstić information content (AvgIpc) is 3.50. The lowest BCUT2D eigenvalue weighted by Gasteiger charge is -2.46. The molecule has 4 aromatic rings. The van der Waals surface area contributed by atoms with Gasteiger partial charge in [0.25, 0.3) is 0 Å². The van der Waals surface area contributed by atoms with Gasteiger partial charge in [0, 0.05) is 55.5 Å². The van der Waals surface area contributed by atoms with Gasteiger partial charge < -0.3 is 39.8 Å². The van der Waals surface area contributed by atoms with Gasteiger partial charge in [0.1, 0.15) is 29.2 Å². The van der Waals surface area contributed by atoms with Crippen LogP contribution >= 0.6 is 23.2 Å². The number of nitrogens with zero attached hydrogens (tertiary/aromatic N) is 4. The molecule has 2 amide bonds. The van der Waals surface area contributed by atoms with E-state index in [4.69, 9.17) is 32.7 Å². The van der Waals surface area contributed by atoms with Crippen LogP contribution in [0.3, 0.4) is 0 Å². The van der Waals surface area contributed by atoms with Crippen molar-refractivity contribution in [1.82, 2.24) is 35.3 Å². The quantitative estimate of drug-likeness (QED) is 0.131. The van der Waals surface area contributed by atoms with Crippen LogP contribution in [0.4, 0.5) is 4.39 Å². The molecule has 1 aromatic heterocycles. The van der Waals surface area contributed by atoms with Crippen molar-refractivity contribution >= 4 is 35.0 Å². The highest BCUT2D eigenvalue weighted by Gasteiger charge is 2.41.